The molecule has 0 spiro atoms. The molecule has 9 rings (SSSR count). The predicted octanol–water partition coefficient (Wildman–Crippen LogP) is 6.81. The van der Waals surface area contributed by atoms with Crippen molar-refractivity contribution in [2.45, 2.75) is 25.9 Å². The Morgan fingerprint density at radius 1 is 0.964 bits per heavy atom. The number of nitrogens with zero attached hydrogens (tertiary/aromatic N) is 5. The van der Waals surface area contributed by atoms with Crippen LogP contribution in [0.25, 0.3) is 45.0 Å². The minimum atomic E-state index is -1.18. The van der Waals surface area contributed by atoms with Gasteiger partial charge in [0.05, 0.1) is 40.0 Å². The Morgan fingerprint density at radius 3 is 2.50 bits per heavy atom. The van der Waals surface area contributed by atoms with Crippen LogP contribution in [0.2, 0.25) is 10.0 Å². The van der Waals surface area contributed by atoms with E-state index in [0.717, 1.165) is 48.7 Å². The number of carbonyl (C=O) groups excluding carboxylic acids is 3. The van der Waals surface area contributed by atoms with Gasteiger partial charge in [-0.15, -0.1) is 0 Å². The lowest BCUT2D eigenvalue weighted by atomic mass is 9.73. The van der Waals surface area contributed by atoms with Crippen molar-refractivity contribution in [3.8, 4) is 32.8 Å². The molecule has 2 atom stereocenters. The first kappa shape index (κ1) is 35.9. The van der Waals surface area contributed by atoms with Crippen LogP contribution in [0.4, 0.5) is 16.6 Å². The van der Waals surface area contributed by atoms with Crippen LogP contribution in [0.1, 0.15) is 35.3 Å². The number of aromatic nitrogens is 3. The zero-order valence-corrected chi connectivity index (χ0v) is 32.5. The molecular formula is C43H33Cl2N7O3S. The van der Waals surface area contributed by atoms with E-state index in [9.17, 15) is 14.4 Å². The van der Waals surface area contributed by atoms with Gasteiger partial charge < -0.3 is 20.9 Å². The second kappa shape index (κ2) is 13.8. The summed E-state index contributed by atoms with van der Waals surface area (Å²) in [7, 11) is 0. The molecule has 0 radical (unpaired) electrons. The number of nitrogens with two attached hydrogens (primary N) is 1. The van der Waals surface area contributed by atoms with Crippen LogP contribution in [0.15, 0.2) is 91.4 Å². The maximum atomic E-state index is 14.4. The van der Waals surface area contributed by atoms with Crippen molar-refractivity contribution in [3.05, 3.63) is 129 Å². The molecule has 3 aliphatic rings. The second-order valence-electron chi connectivity index (χ2n) is 14.2. The minimum Gasteiger partial charge on any atom is -0.340 e. The number of benzene rings is 4. The van der Waals surface area contributed by atoms with E-state index in [1.54, 1.807) is 24.4 Å². The minimum absolute atomic E-state index is 0.0204. The Balaban J connectivity index is 1.04. The van der Waals surface area contributed by atoms with Gasteiger partial charge in [-0.05, 0) is 63.4 Å². The number of carbonyl (C=O) groups is 3. The number of nitrogens with one attached hydrogen (secondary N) is 1. The summed E-state index contributed by atoms with van der Waals surface area (Å²) in [5.41, 5.74) is 11.8. The van der Waals surface area contributed by atoms with Gasteiger partial charge in [0, 0.05) is 23.6 Å². The molecule has 2 aliphatic carbocycles. The second-order valence-corrected chi connectivity index (χ2v) is 16.0. The van der Waals surface area contributed by atoms with Gasteiger partial charge in [0.25, 0.3) is 0 Å². The SMILES string of the molecule is CC1C=c2c(ccc3c2=CC(=O)c2ccccc2-3)C(C)(N2CN(CC(=O)Nc3nc(-c4ccc(Cl)c(Cl)c4)c(-c4ccc(CN)cc4)s3)c3cncnc32)C1=O. The van der Waals surface area contributed by atoms with Crippen molar-refractivity contribution in [1.82, 2.24) is 15.0 Å². The average molecular weight is 799 g/mol. The number of amides is 1. The quantitative estimate of drug-likeness (QED) is 0.179. The number of hydrogen-bond donors (Lipinski definition) is 2. The molecule has 0 fully saturated rings. The molecule has 4 aromatic carbocycles. The molecule has 10 nitrogen and oxygen atoms in total. The van der Waals surface area contributed by atoms with Gasteiger partial charge in [0.1, 0.15) is 17.6 Å². The molecule has 3 heterocycles. The summed E-state index contributed by atoms with van der Waals surface area (Å²) in [5.74, 6) is -0.334. The van der Waals surface area contributed by atoms with Crippen LogP contribution in [0.5, 0.6) is 0 Å². The van der Waals surface area contributed by atoms with Crippen molar-refractivity contribution in [2.75, 3.05) is 28.3 Å². The Morgan fingerprint density at radius 2 is 1.73 bits per heavy atom. The third-order valence-corrected chi connectivity index (χ3v) is 12.6. The number of hydrogen-bond acceptors (Lipinski definition) is 10. The zero-order valence-electron chi connectivity index (χ0n) is 30.2. The lowest BCUT2D eigenvalue weighted by molar-refractivity contribution is -0.126. The van der Waals surface area contributed by atoms with Gasteiger partial charge in [-0.25, -0.2) is 15.0 Å². The summed E-state index contributed by atoms with van der Waals surface area (Å²) in [5, 5.41) is 5.88. The summed E-state index contributed by atoms with van der Waals surface area (Å²) in [4.78, 5) is 60.1. The Hall–Kier alpha value is -5.72. The van der Waals surface area contributed by atoms with E-state index in [1.807, 2.05) is 96.5 Å². The van der Waals surface area contributed by atoms with Gasteiger partial charge in [-0.1, -0.05) is 114 Å². The van der Waals surface area contributed by atoms with Crippen LogP contribution >= 0.6 is 34.5 Å². The van der Waals surface area contributed by atoms with E-state index in [0.29, 0.717) is 44.5 Å². The van der Waals surface area contributed by atoms with Crippen LogP contribution in [-0.2, 0) is 21.7 Å². The van der Waals surface area contributed by atoms with Crippen LogP contribution in [0.3, 0.4) is 0 Å². The van der Waals surface area contributed by atoms with E-state index in [4.69, 9.17) is 33.9 Å². The summed E-state index contributed by atoms with van der Waals surface area (Å²) in [6.45, 7) is 4.31. The predicted molar refractivity (Wildman–Crippen MR) is 222 cm³/mol. The summed E-state index contributed by atoms with van der Waals surface area (Å²) < 4.78 is 0. The molecule has 13 heteroatoms. The molecule has 0 bridgehead atoms. The number of anilines is 3. The van der Waals surface area contributed by atoms with Gasteiger partial charge in [0.2, 0.25) is 5.91 Å². The highest BCUT2D eigenvalue weighted by Crippen LogP contribution is 2.45. The maximum Gasteiger partial charge on any atom is 0.245 e. The third-order valence-electron chi connectivity index (χ3n) is 10.9. The molecule has 6 aromatic rings. The van der Waals surface area contributed by atoms with Gasteiger partial charge in [-0.2, -0.15) is 0 Å². The Labute approximate surface area is 335 Å². The standard InChI is InChI=1S/C43H33Cl2N7O3S/c1-23-15-31-30-17-36(53)29-6-4-3-5-27(29)28(30)12-13-32(31)43(2,40(23)55)52-22-51(35-19-47-21-48-41(35)52)20-37(54)49-42-50-38(26-11-14-33(44)34(45)16-26)39(56-42)25-9-7-24(18-46)8-10-25/h3-17,19,21,23H,18,20,22,46H2,1-2H3,(H,49,50,54). The number of ketones is 2. The third kappa shape index (κ3) is 5.81. The van der Waals surface area contributed by atoms with E-state index in [2.05, 4.69) is 15.3 Å². The molecule has 2 aromatic heterocycles. The lowest BCUT2D eigenvalue weighted by Crippen LogP contribution is -2.59. The molecule has 0 saturated heterocycles. The molecular weight excluding hydrogens is 765 g/mol. The van der Waals surface area contributed by atoms with Crippen LogP contribution in [-0.4, -0.2) is 45.6 Å². The Kier molecular flexibility index (Phi) is 8.85. The molecule has 278 valence electrons. The number of thiazole rings is 1. The first-order valence-electron chi connectivity index (χ1n) is 18.0. The first-order chi connectivity index (χ1) is 27.0. The van der Waals surface area contributed by atoms with Crippen LogP contribution < -0.4 is 31.3 Å². The number of Topliss-reactive ketones (excluding diaryl/α,β-unsaturated/α-hetero) is 2. The Bertz CT molecular complexity index is 2770. The summed E-state index contributed by atoms with van der Waals surface area (Å²) >= 11 is 14.0. The number of fused-ring (bicyclic) bond motifs is 6. The van der Waals surface area contributed by atoms with Gasteiger partial charge in [-0.3, -0.25) is 14.4 Å². The molecule has 56 heavy (non-hydrogen) atoms. The summed E-state index contributed by atoms with van der Waals surface area (Å²) in [6, 6.07) is 24.8. The lowest BCUT2D eigenvalue weighted by Gasteiger charge is -2.42. The van der Waals surface area contributed by atoms with Crippen molar-refractivity contribution < 1.29 is 14.4 Å². The van der Waals surface area contributed by atoms with E-state index >= 15 is 0 Å². The van der Waals surface area contributed by atoms with Crippen molar-refractivity contribution >= 4 is 80.8 Å². The fraction of sp³-hybridized carbons (Fsp3) is 0.163. The van der Waals surface area contributed by atoms with E-state index in [-0.39, 0.29) is 30.7 Å². The van der Waals surface area contributed by atoms with Crippen LogP contribution in [0, 0.1) is 5.92 Å². The van der Waals surface area contributed by atoms with E-state index < -0.39 is 11.5 Å². The molecule has 2 unspecified atom stereocenters. The average Bonchev–Trinajstić information content (AvgIpc) is 3.80. The highest BCUT2D eigenvalue weighted by molar-refractivity contribution is 7.19. The molecule has 1 aliphatic heterocycles. The number of halogens is 2. The largest absolute Gasteiger partial charge is 0.340 e. The normalized spacial score (nSPS) is 18.1. The topological polar surface area (TPSA) is 134 Å². The molecule has 1 amide bonds. The van der Waals surface area contributed by atoms with Gasteiger partial charge >= 0.3 is 0 Å². The fourth-order valence-electron chi connectivity index (χ4n) is 8.03. The first-order valence-corrected chi connectivity index (χ1v) is 19.6. The highest BCUT2D eigenvalue weighted by atomic mass is 35.5. The van der Waals surface area contributed by atoms with E-state index in [1.165, 1.54) is 17.7 Å². The smallest absolute Gasteiger partial charge is 0.245 e. The van der Waals surface area contributed by atoms with Crippen molar-refractivity contribution in [1.29, 1.82) is 0 Å². The monoisotopic (exact) mass is 797 g/mol. The highest BCUT2D eigenvalue weighted by Gasteiger charge is 2.50. The van der Waals surface area contributed by atoms with Crippen molar-refractivity contribution in [2.24, 2.45) is 11.7 Å². The fourth-order valence-corrected chi connectivity index (χ4v) is 9.34. The molecule has 3 N–H and O–H groups in total. The maximum absolute atomic E-state index is 14.4. The molecule has 0 saturated carbocycles. The number of rotatable bonds is 7. The summed E-state index contributed by atoms with van der Waals surface area (Å²) in [6.07, 6.45) is 6.74. The zero-order chi connectivity index (χ0) is 38.9. The van der Waals surface area contributed by atoms with Crippen molar-refractivity contribution in [3.63, 3.8) is 0 Å². The van der Waals surface area contributed by atoms with Gasteiger partial charge in [0.15, 0.2) is 22.5 Å².